The lowest BCUT2D eigenvalue weighted by molar-refractivity contribution is 0.833. The predicted molar refractivity (Wildman–Crippen MR) is 126 cm³/mol. The largest absolute Gasteiger partial charge is 0.341 e. The average Bonchev–Trinajstić information content (AvgIpc) is 3.18. The molecule has 1 aromatic heterocycles. The van der Waals surface area contributed by atoms with Crippen LogP contribution in [0.5, 0.6) is 0 Å². The van der Waals surface area contributed by atoms with Gasteiger partial charge in [0.15, 0.2) is 0 Å². The van der Waals surface area contributed by atoms with Gasteiger partial charge < -0.3 is 9.47 Å². The van der Waals surface area contributed by atoms with Crippen molar-refractivity contribution in [3.05, 3.63) is 133 Å². The maximum atomic E-state index is 2.42. The van der Waals surface area contributed by atoms with Gasteiger partial charge in [0.1, 0.15) is 0 Å². The molecular formula is C28H24N2. The van der Waals surface area contributed by atoms with Crippen molar-refractivity contribution < 1.29 is 0 Å². The minimum Gasteiger partial charge on any atom is -0.341 e. The quantitative estimate of drug-likeness (QED) is 0.303. The van der Waals surface area contributed by atoms with Crippen LogP contribution in [0, 0.1) is 0 Å². The Morgan fingerprint density at radius 3 is 1.83 bits per heavy atom. The Hall–Kier alpha value is -3.78. The summed E-state index contributed by atoms with van der Waals surface area (Å²) >= 11 is 0. The molecule has 0 N–H and O–H groups in total. The molecule has 0 amide bonds. The van der Waals surface area contributed by atoms with Crippen molar-refractivity contribution in [1.82, 2.24) is 4.57 Å². The fourth-order valence-electron chi connectivity index (χ4n) is 4.04. The van der Waals surface area contributed by atoms with Crippen molar-refractivity contribution in [3.63, 3.8) is 0 Å². The highest BCUT2D eigenvalue weighted by atomic mass is 15.2. The van der Waals surface area contributed by atoms with Crippen molar-refractivity contribution in [2.24, 2.45) is 0 Å². The smallest absolute Gasteiger partial charge is 0.0673 e. The normalized spacial score (nSPS) is 10.9. The molecule has 2 heteroatoms. The molecule has 1 heterocycles. The van der Waals surface area contributed by atoms with Crippen LogP contribution in [0.15, 0.2) is 121 Å². The maximum absolute atomic E-state index is 2.42. The number of hydrogen-bond acceptors (Lipinski definition) is 1. The van der Waals surface area contributed by atoms with Gasteiger partial charge in [0, 0.05) is 30.4 Å². The second kappa shape index (κ2) is 8.30. The van der Waals surface area contributed by atoms with Crippen molar-refractivity contribution in [2.45, 2.75) is 13.1 Å². The first-order valence-corrected chi connectivity index (χ1v) is 10.4. The van der Waals surface area contributed by atoms with E-state index in [1.165, 1.54) is 33.4 Å². The summed E-state index contributed by atoms with van der Waals surface area (Å²) in [5.41, 5.74) is 6.28. The zero-order chi connectivity index (χ0) is 20.2. The van der Waals surface area contributed by atoms with Crippen molar-refractivity contribution in [2.75, 3.05) is 4.90 Å². The van der Waals surface area contributed by atoms with Gasteiger partial charge in [-0.1, -0.05) is 97.1 Å². The van der Waals surface area contributed by atoms with Gasteiger partial charge in [-0.2, -0.15) is 0 Å². The number of anilines is 2. The third-order valence-electron chi connectivity index (χ3n) is 5.51. The van der Waals surface area contributed by atoms with E-state index in [0.29, 0.717) is 0 Å². The minimum absolute atomic E-state index is 0.824. The number of hydrogen-bond donors (Lipinski definition) is 0. The molecule has 0 radical (unpaired) electrons. The van der Waals surface area contributed by atoms with Crippen LogP contribution in [0.2, 0.25) is 0 Å². The molecule has 0 aliphatic heterocycles. The highest BCUT2D eigenvalue weighted by Crippen LogP contribution is 2.35. The molecule has 0 fully saturated rings. The van der Waals surface area contributed by atoms with Crippen LogP contribution in [0.4, 0.5) is 11.4 Å². The molecule has 4 aromatic carbocycles. The summed E-state index contributed by atoms with van der Waals surface area (Å²) in [5.74, 6) is 0. The van der Waals surface area contributed by atoms with Crippen LogP contribution in [-0.2, 0) is 13.1 Å². The average molecular weight is 389 g/mol. The number of benzene rings is 4. The molecule has 0 unspecified atom stereocenters. The number of nitrogens with zero attached hydrogens (tertiary/aromatic N) is 2. The zero-order valence-corrected chi connectivity index (χ0v) is 16.9. The summed E-state index contributed by atoms with van der Waals surface area (Å²) < 4.78 is 2.36. The molecule has 0 saturated heterocycles. The van der Waals surface area contributed by atoms with Crippen molar-refractivity contribution >= 4 is 22.3 Å². The van der Waals surface area contributed by atoms with Gasteiger partial charge in [-0.15, -0.1) is 0 Å². The van der Waals surface area contributed by atoms with E-state index in [1.54, 1.807) is 0 Å². The van der Waals surface area contributed by atoms with Gasteiger partial charge >= 0.3 is 0 Å². The predicted octanol–water partition coefficient (Wildman–Crippen LogP) is 7.03. The number of rotatable bonds is 6. The lowest BCUT2D eigenvalue weighted by Crippen LogP contribution is -2.16. The van der Waals surface area contributed by atoms with Gasteiger partial charge in [0.2, 0.25) is 0 Å². The molecule has 0 bridgehead atoms. The van der Waals surface area contributed by atoms with Gasteiger partial charge in [0.25, 0.3) is 0 Å². The molecule has 146 valence electrons. The molecule has 0 spiro atoms. The Labute approximate surface area is 177 Å². The van der Waals surface area contributed by atoms with Crippen LogP contribution < -0.4 is 4.90 Å². The lowest BCUT2D eigenvalue weighted by Gasteiger charge is -2.24. The molecule has 0 saturated carbocycles. The van der Waals surface area contributed by atoms with E-state index in [-0.39, 0.29) is 0 Å². The highest BCUT2D eigenvalue weighted by Gasteiger charge is 2.17. The summed E-state index contributed by atoms with van der Waals surface area (Å²) in [5, 5.41) is 1.27. The van der Waals surface area contributed by atoms with Crippen LogP contribution >= 0.6 is 0 Å². The lowest BCUT2D eigenvalue weighted by atomic mass is 10.1. The minimum atomic E-state index is 0.824. The summed E-state index contributed by atoms with van der Waals surface area (Å²) in [4.78, 5) is 2.42. The summed E-state index contributed by atoms with van der Waals surface area (Å²) in [6, 6.07) is 40.7. The van der Waals surface area contributed by atoms with Gasteiger partial charge in [-0.05, 0) is 29.3 Å². The summed E-state index contributed by atoms with van der Waals surface area (Å²) in [6.07, 6.45) is 2.30. The molecular weight excluding hydrogens is 364 g/mol. The van der Waals surface area contributed by atoms with E-state index >= 15 is 0 Å². The zero-order valence-electron chi connectivity index (χ0n) is 16.9. The highest BCUT2D eigenvalue weighted by molar-refractivity contribution is 5.95. The summed E-state index contributed by atoms with van der Waals surface area (Å²) in [6.45, 7) is 1.68. The SMILES string of the molecule is c1ccc(CN(c2ccccc2)c2cn(Cc3ccccc3)c3ccccc23)cc1. The second-order valence-electron chi connectivity index (χ2n) is 7.55. The molecule has 2 nitrogen and oxygen atoms in total. The van der Waals surface area contributed by atoms with E-state index in [0.717, 1.165) is 13.1 Å². The maximum Gasteiger partial charge on any atom is 0.0673 e. The fourth-order valence-corrected chi connectivity index (χ4v) is 4.04. The topological polar surface area (TPSA) is 8.17 Å². The number of fused-ring (bicyclic) bond motifs is 1. The molecule has 5 rings (SSSR count). The van der Waals surface area contributed by atoms with E-state index < -0.39 is 0 Å². The Kier molecular flexibility index (Phi) is 5.05. The van der Waals surface area contributed by atoms with E-state index in [1.807, 2.05) is 0 Å². The van der Waals surface area contributed by atoms with Gasteiger partial charge in [-0.3, -0.25) is 0 Å². The van der Waals surface area contributed by atoms with Crippen LogP contribution in [-0.4, -0.2) is 4.57 Å². The molecule has 0 aliphatic carbocycles. The van der Waals surface area contributed by atoms with E-state index in [4.69, 9.17) is 0 Å². The van der Waals surface area contributed by atoms with Crippen molar-refractivity contribution in [1.29, 1.82) is 0 Å². The van der Waals surface area contributed by atoms with Gasteiger partial charge in [0.05, 0.1) is 11.2 Å². The molecule has 0 atom stereocenters. The monoisotopic (exact) mass is 388 g/mol. The van der Waals surface area contributed by atoms with Crippen LogP contribution in [0.1, 0.15) is 11.1 Å². The molecule has 5 aromatic rings. The fraction of sp³-hybridized carbons (Fsp3) is 0.0714. The standard InChI is InChI=1S/C28H24N2/c1-4-12-23(13-5-1)20-29-22-28(26-18-10-11-19-27(26)29)30(25-16-8-3-9-17-25)21-24-14-6-2-7-15-24/h1-19,22H,20-21H2. The van der Waals surface area contributed by atoms with Crippen LogP contribution in [0.25, 0.3) is 10.9 Å². The Morgan fingerprint density at radius 1 is 0.567 bits per heavy atom. The second-order valence-corrected chi connectivity index (χ2v) is 7.55. The first kappa shape index (κ1) is 18.3. The number of aromatic nitrogens is 1. The Bertz CT molecular complexity index is 1230. The van der Waals surface area contributed by atoms with E-state index in [2.05, 4.69) is 131 Å². The summed E-state index contributed by atoms with van der Waals surface area (Å²) in [7, 11) is 0. The first-order chi connectivity index (χ1) is 14.9. The van der Waals surface area contributed by atoms with Crippen LogP contribution in [0.3, 0.4) is 0 Å². The first-order valence-electron chi connectivity index (χ1n) is 10.4. The van der Waals surface area contributed by atoms with Crippen molar-refractivity contribution in [3.8, 4) is 0 Å². The van der Waals surface area contributed by atoms with E-state index in [9.17, 15) is 0 Å². The Balaban J connectivity index is 1.63. The molecule has 30 heavy (non-hydrogen) atoms. The third kappa shape index (κ3) is 3.72. The number of para-hydroxylation sites is 2. The van der Waals surface area contributed by atoms with Gasteiger partial charge in [-0.25, -0.2) is 0 Å². The molecule has 0 aliphatic rings. The third-order valence-corrected chi connectivity index (χ3v) is 5.51. The Morgan fingerprint density at radius 2 is 1.13 bits per heavy atom.